The highest BCUT2D eigenvalue weighted by Crippen LogP contribution is 2.36. The number of carbonyl (C=O) groups is 3. The zero-order valence-corrected chi connectivity index (χ0v) is 20.8. The van der Waals surface area contributed by atoms with Gasteiger partial charge in [0.1, 0.15) is 17.9 Å². The van der Waals surface area contributed by atoms with Crippen LogP contribution >= 0.6 is 0 Å². The van der Waals surface area contributed by atoms with E-state index in [2.05, 4.69) is 23.2 Å². The molecule has 3 amide bonds. The quantitative estimate of drug-likeness (QED) is 0.314. The summed E-state index contributed by atoms with van der Waals surface area (Å²) >= 11 is 0. The second-order valence-corrected chi connectivity index (χ2v) is 9.80. The highest BCUT2D eigenvalue weighted by atomic mass is 16.5. The number of nitrogens with zero attached hydrogens (tertiary/aromatic N) is 2. The first-order chi connectivity index (χ1) is 17.4. The van der Waals surface area contributed by atoms with Crippen LogP contribution in [0.5, 0.6) is 5.75 Å². The Labute approximate surface area is 212 Å². The molecule has 0 radical (unpaired) electrons. The molecule has 0 spiro atoms. The lowest BCUT2D eigenvalue weighted by molar-refractivity contribution is -0.136. The minimum absolute atomic E-state index is 0.117. The summed E-state index contributed by atoms with van der Waals surface area (Å²) in [5.74, 6) is 2.77. The number of aliphatic imine (C=N–C) groups is 1. The maximum absolute atomic E-state index is 12.9. The van der Waals surface area contributed by atoms with E-state index in [0.717, 1.165) is 49.1 Å². The molecule has 36 heavy (non-hydrogen) atoms. The molecule has 0 bridgehead atoms. The number of imide groups is 1. The van der Waals surface area contributed by atoms with E-state index >= 15 is 0 Å². The van der Waals surface area contributed by atoms with Gasteiger partial charge in [0.05, 0.1) is 6.21 Å². The van der Waals surface area contributed by atoms with E-state index in [1.807, 2.05) is 12.1 Å². The molecule has 190 valence electrons. The monoisotopic (exact) mass is 490 g/mol. The van der Waals surface area contributed by atoms with Gasteiger partial charge in [-0.25, -0.2) is 0 Å². The van der Waals surface area contributed by atoms with Crippen molar-refractivity contribution in [3.8, 4) is 18.1 Å². The largest absolute Gasteiger partial charge is 0.490 e. The maximum atomic E-state index is 12.9. The SMILES string of the molecule is C#C/C=N\C(CCN)=C(/C)CC[C@H]1CCC[C@@H]1Oc1ccc2c(c1)CN(C1CCC(=O)NC1=O)C2=O. The van der Waals surface area contributed by atoms with Crippen LogP contribution in [0.3, 0.4) is 0 Å². The number of fused-ring (bicyclic) bond motifs is 1. The lowest BCUT2D eigenvalue weighted by Gasteiger charge is -2.29. The number of benzene rings is 1. The number of nitrogens with one attached hydrogen (secondary N) is 1. The molecule has 1 saturated carbocycles. The number of carbonyl (C=O) groups excluding carboxylic acids is 3. The number of hydrogen-bond acceptors (Lipinski definition) is 6. The van der Waals surface area contributed by atoms with Gasteiger partial charge in [-0.2, -0.15) is 0 Å². The lowest BCUT2D eigenvalue weighted by Crippen LogP contribution is -2.52. The Hall–Kier alpha value is -3.44. The standard InChI is InChI=1S/C28H34N4O4/c1-3-15-30-23(13-14-29)18(2)7-8-19-5-4-6-25(19)36-21-9-10-22-20(16-21)17-32(28(22)35)24-11-12-26(33)31-27(24)34/h1,9-10,15-16,19,24-25H,4-8,11-14,17,29H2,2H3,(H,31,33,34)/b23-18+,30-15-/t19-,24?,25+/m1/s1. The van der Waals surface area contributed by atoms with Crippen molar-refractivity contribution in [3.05, 3.63) is 40.6 Å². The van der Waals surface area contributed by atoms with Crippen LogP contribution in [0.25, 0.3) is 0 Å². The van der Waals surface area contributed by atoms with Gasteiger partial charge in [0.15, 0.2) is 0 Å². The van der Waals surface area contributed by atoms with Gasteiger partial charge in [-0.1, -0.05) is 11.5 Å². The first kappa shape index (κ1) is 25.6. The number of ether oxygens (including phenoxy) is 1. The Kier molecular flexibility index (Phi) is 8.21. The third-order valence-corrected chi connectivity index (χ3v) is 7.43. The first-order valence-electron chi connectivity index (χ1n) is 12.7. The molecular formula is C28H34N4O4. The van der Waals surface area contributed by atoms with E-state index in [4.69, 9.17) is 16.9 Å². The van der Waals surface area contributed by atoms with E-state index in [1.165, 1.54) is 11.8 Å². The average molecular weight is 491 g/mol. The molecule has 1 saturated heterocycles. The number of hydrogen-bond donors (Lipinski definition) is 2. The number of rotatable bonds is 9. The van der Waals surface area contributed by atoms with Crippen LogP contribution in [0.2, 0.25) is 0 Å². The molecule has 2 aliphatic heterocycles. The molecule has 3 N–H and O–H groups in total. The summed E-state index contributed by atoms with van der Waals surface area (Å²) in [5.41, 5.74) is 9.36. The fraction of sp³-hybridized carbons (Fsp3) is 0.500. The van der Waals surface area contributed by atoms with Gasteiger partial charge < -0.3 is 15.4 Å². The number of terminal acetylenes is 1. The number of nitrogens with two attached hydrogens (primary N) is 1. The normalized spacial score (nSPS) is 24.5. The number of piperidine rings is 1. The Morgan fingerprint density at radius 3 is 2.86 bits per heavy atom. The summed E-state index contributed by atoms with van der Waals surface area (Å²) < 4.78 is 6.42. The van der Waals surface area contributed by atoms with E-state index in [-0.39, 0.29) is 24.3 Å². The van der Waals surface area contributed by atoms with E-state index in [1.54, 1.807) is 11.0 Å². The van der Waals surface area contributed by atoms with Gasteiger partial charge in [-0.15, -0.1) is 6.42 Å². The van der Waals surface area contributed by atoms with E-state index < -0.39 is 11.9 Å². The predicted molar refractivity (Wildman–Crippen MR) is 137 cm³/mol. The zero-order valence-electron chi connectivity index (χ0n) is 20.8. The fourth-order valence-corrected chi connectivity index (χ4v) is 5.47. The molecular weight excluding hydrogens is 456 g/mol. The van der Waals surface area contributed by atoms with Crippen molar-refractivity contribution in [2.24, 2.45) is 16.6 Å². The Bertz CT molecular complexity index is 1130. The summed E-state index contributed by atoms with van der Waals surface area (Å²) in [7, 11) is 0. The van der Waals surface area contributed by atoms with Crippen LogP contribution in [-0.2, 0) is 16.1 Å². The molecule has 4 rings (SSSR count). The van der Waals surface area contributed by atoms with Gasteiger partial charge in [0.2, 0.25) is 11.8 Å². The Balaban J connectivity index is 1.39. The minimum Gasteiger partial charge on any atom is -0.490 e. The molecule has 2 heterocycles. The molecule has 1 unspecified atom stereocenters. The van der Waals surface area contributed by atoms with Crippen molar-refractivity contribution in [1.82, 2.24) is 10.2 Å². The van der Waals surface area contributed by atoms with Crippen molar-refractivity contribution >= 4 is 23.9 Å². The Morgan fingerprint density at radius 1 is 1.28 bits per heavy atom. The van der Waals surface area contributed by atoms with Crippen LogP contribution in [-0.4, -0.2) is 47.5 Å². The minimum atomic E-state index is -0.614. The van der Waals surface area contributed by atoms with Gasteiger partial charge in [-0.05, 0) is 81.7 Å². The highest BCUT2D eigenvalue weighted by Gasteiger charge is 2.39. The smallest absolute Gasteiger partial charge is 0.255 e. The van der Waals surface area contributed by atoms with Crippen molar-refractivity contribution in [3.63, 3.8) is 0 Å². The lowest BCUT2D eigenvalue weighted by atomic mass is 9.95. The first-order valence-corrected chi connectivity index (χ1v) is 12.7. The third kappa shape index (κ3) is 5.68. The average Bonchev–Trinajstić information content (AvgIpc) is 3.43. The molecule has 1 aromatic rings. The van der Waals surface area contributed by atoms with E-state index in [0.29, 0.717) is 37.4 Å². The third-order valence-electron chi connectivity index (χ3n) is 7.43. The van der Waals surface area contributed by atoms with Gasteiger partial charge >= 0.3 is 0 Å². The van der Waals surface area contributed by atoms with Crippen molar-refractivity contribution in [2.75, 3.05) is 6.54 Å². The summed E-state index contributed by atoms with van der Waals surface area (Å²) in [4.78, 5) is 42.7. The second-order valence-electron chi connectivity index (χ2n) is 9.80. The molecule has 1 aromatic carbocycles. The number of amides is 3. The zero-order chi connectivity index (χ0) is 25.7. The molecule has 3 atom stereocenters. The molecule has 8 nitrogen and oxygen atoms in total. The molecule has 0 aromatic heterocycles. The summed E-state index contributed by atoms with van der Waals surface area (Å²) in [6.45, 7) is 2.97. The van der Waals surface area contributed by atoms with Crippen LogP contribution in [0.4, 0.5) is 0 Å². The summed E-state index contributed by atoms with van der Waals surface area (Å²) in [6.07, 6.45) is 13.4. The van der Waals surface area contributed by atoms with Crippen molar-refractivity contribution < 1.29 is 19.1 Å². The fourth-order valence-electron chi connectivity index (χ4n) is 5.47. The van der Waals surface area contributed by atoms with Gasteiger partial charge in [0, 0.05) is 30.6 Å². The topological polar surface area (TPSA) is 114 Å². The molecule has 2 fully saturated rings. The van der Waals surface area contributed by atoms with E-state index in [9.17, 15) is 14.4 Å². The van der Waals surface area contributed by atoms with Crippen LogP contribution in [0, 0.1) is 18.3 Å². The van der Waals surface area contributed by atoms with Gasteiger partial charge in [-0.3, -0.25) is 24.7 Å². The maximum Gasteiger partial charge on any atom is 0.255 e. The predicted octanol–water partition coefficient (Wildman–Crippen LogP) is 3.10. The number of allylic oxidation sites excluding steroid dienone is 1. The Morgan fingerprint density at radius 2 is 2.11 bits per heavy atom. The molecule has 1 aliphatic carbocycles. The summed E-state index contributed by atoms with van der Waals surface area (Å²) in [5, 5.41) is 2.34. The highest BCUT2D eigenvalue weighted by molar-refractivity contribution is 6.05. The molecule has 8 heteroatoms. The molecule has 3 aliphatic rings. The van der Waals surface area contributed by atoms with Crippen LogP contribution < -0.4 is 15.8 Å². The van der Waals surface area contributed by atoms with Crippen molar-refractivity contribution in [1.29, 1.82) is 0 Å². The van der Waals surface area contributed by atoms with Gasteiger partial charge in [0.25, 0.3) is 5.91 Å². The van der Waals surface area contributed by atoms with Crippen LogP contribution in [0.15, 0.2) is 34.5 Å². The summed E-state index contributed by atoms with van der Waals surface area (Å²) in [6, 6.07) is 4.95. The van der Waals surface area contributed by atoms with Crippen LogP contribution in [0.1, 0.15) is 74.2 Å². The van der Waals surface area contributed by atoms with Crippen molar-refractivity contribution in [2.45, 2.75) is 77.0 Å². The second kappa shape index (κ2) is 11.5.